The first-order chi connectivity index (χ1) is 17.6. The van der Waals surface area contributed by atoms with Gasteiger partial charge in [-0.05, 0) is 42.7 Å². The second-order valence-corrected chi connectivity index (χ2v) is 8.73. The number of anilines is 1. The van der Waals surface area contributed by atoms with E-state index >= 15 is 0 Å². The molecule has 1 heterocycles. The average Bonchev–Trinajstić information content (AvgIpc) is 3.69. The maximum absolute atomic E-state index is 12.0. The maximum Gasteiger partial charge on any atom is 0.319 e. The maximum atomic E-state index is 12.0. The van der Waals surface area contributed by atoms with Gasteiger partial charge in [0.1, 0.15) is 24.8 Å². The Morgan fingerprint density at radius 1 is 1.00 bits per heavy atom. The summed E-state index contributed by atoms with van der Waals surface area (Å²) in [7, 11) is 0. The van der Waals surface area contributed by atoms with Gasteiger partial charge in [-0.3, -0.25) is 10.7 Å². The molecular formula is C27H25ClN4O4. The van der Waals surface area contributed by atoms with Crippen LogP contribution in [-0.2, 0) is 6.61 Å². The van der Waals surface area contributed by atoms with E-state index in [1.54, 1.807) is 42.6 Å². The van der Waals surface area contributed by atoms with Crippen LogP contribution >= 0.6 is 11.6 Å². The number of carbonyl (C=O) groups excluding carboxylic acids is 1. The number of hydrogen-bond donors (Lipinski definition) is 3. The molecule has 0 bridgehead atoms. The Morgan fingerprint density at radius 2 is 1.81 bits per heavy atom. The van der Waals surface area contributed by atoms with Gasteiger partial charge in [-0.15, -0.1) is 0 Å². The van der Waals surface area contributed by atoms with Gasteiger partial charge in [0, 0.05) is 29.8 Å². The quantitative estimate of drug-likeness (QED) is 0.247. The van der Waals surface area contributed by atoms with E-state index in [0.29, 0.717) is 45.8 Å². The van der Waals surface area contributed by atoms with Crippen molar-refractivity contribution in [3.8, 4) is 23.0 Å². The van der Waals surface area contributed by atoms with Crippen LogP contribution in [0, 0.1) is 0 Å². The Bertz CT molecular complexity index is 1380. The van der Waals surface area contributed by atoms with E-state index in [1.807, 2.05) is 30.3 Å². The summed E-state index contributed by atoms with van der Waals surface area (Å²) in [6.07, 6.45) is 3.67. The first-order valence-corrected chi connectivity index (χ1v) is 11.9. The molecule has 3 aromatic carbocycles. The van der Waals surface area contributed by atoms with Crippen molar-refractivity contribution in [3.05, 3.63) is 83.5 Å². The van der Waals surface area contributed by atoms with Crippen LogP contribution in [0.5, 0.6) is 23.0 Å². The van der Waals surface area contributed by atoms with Crippen LogP contribution in [0.15, 0.2) is 72.9 Å². The lowest BCUT2D eigenvalue weighted by Crippen LogP contribution is -2.30. The third kappa shape index (κ3) is 5.79. The van der Waals surface area contributed by atoms with E-state index in [4.69, 9.17) is 31.5 Å². The fraction of sp³-hybridized carbons (Fsp3) is 0.185. The van der Waals surface area contributed by atoms with Gasteiger partial charge in [-0.1, -0.05) is 41.9 Å². The smallest absolute Gasteiger partial charge is 0.319 e. The molecule has 1 fully saturated rings. The average molecular weight is 505 g/mol. The van der Waals surface area contributed by atoms with E-state index in [9.17, 15) is 4.79 Å². The van der Waals surface area contributed by atoms with Crippen molar-refractivity contribution < 1.29 is 19.0 Å². The summed E-state index contributed by atoms with van der Waals surface area (Å²) in [5.74, 6) is 2.08. The molecule has 5 rings (SSSR count). The number of nitrogens with one attached hydrogen (secondary N) is 2. The topological polar surface area (TPSA) is 108 Å². The lowest BCUT2D eigenvalue weighted by Gasteiger charge is -2.15. The third-order valence-electron chi connectivity index (χ3n) is 5.57. The molecule has 0 atom stereocenters. The molecule has 2 amide bonds. The van der Waals surface area contributed by atoms with E-state index in [1.165, 1.54) is 0 Å². The zero-order chi connectivity index (χ0) is 24.9. The number of hydrogen-bond acceptors (Lipinski definition) is 6. The first kappa shape index (κ1) is 23.7. The lowest BCUT2D eigenvalue weighted by atomic mass is 10.1. The summed E-state index contributed by atoms with van der Waals surface area (Å²) in [6.45, 7) is 0.364. The van der Waals surface area contributed by atoms with Gasteiger partial charge in [0.2, 0.25) is 0 Å². The Morgan fingerprint density at radius 3 is 2.56 bits per heavy atom. The molecule has 1 saturated carbocycles. The van der Waals surface area contributed by atoms with Crippen LogP contribution in [0.3, 0.4) is 0 Å². The second kappa shape index (κ2) is 10.7. The predicted octanol–water partition coefficient (Wildman–Crippen LogP) is 5.84. The van der Waals surface area contributed by atoms with Gasteiger partial charge in [0.25, 0.3) is 0 Å². The van der Waals surface area contributed by atoms with Gasteiger partial charge in [0.15, 0.2) is 11.5 Å². The molecule has 4 aromatic rings. The lowest BCUT2D eigenvalue weighted by molar-refractivity contribution is 0.251. The molecule has 0 saturated heterocycles. The third-order valence-corrected chi connectivity index (χ3v) is 5.88. The SMILES string of the molecule is NCOc1cc2c(Oc3ccc(NC(=O)NC4CC4)c(Cl)c3)ccnc2cc1OCc1ccccc1. The van der Waals surface area contributed by atoms with Gasteiger partial charge >= 0.3 is 6.03 Å². The Hall–Kier alpha value is -4.01. The van der Waals surface area contributed by atoms with Gasteiger partial charge in [0.05, 0.1) is 16.2 Å². The minimum absolute atomic E-state index is 0.0119. The number of benzene rings is 3. The number of ether oxygens (including phenoxy) is 3. The predicted molar refractivity (Wildman–Crippen MR) is 139 cm³/mol. The Labute approximate surface area is 213 Å². The van der Waals surface area contributed by atoms with Crippen LogP contribution in [-0.4, -0.2) is 23.8 Å². The summed E-state index contributed by atoms with van der Waals surface area (Å²) < 4.78 is 17.8. The number of nitrogens with zero attached hydrogens (tertiary/aromatic N) is 1. The summed E-state index contributed by atoms with van der Waals surface area (Å²) in [4.78, 5) is 16.5. The van der Waals surface area contributed by atoms with Gasteiger partial charge in [-0.2, -0.15) is 0 Å². The number of pyridine rings is 1. The van der Waals surface area contributed by atoms with Gasteiger partial charge in [-0.25, -0.2) is 4.79 Å². The fourth-order valence-corrected chi connectivity index (χ4v) is 3.85. The number of carbonyl (C=O) groups is 1. The number of amides is 2. The van der Waals surface area contributed by atoms with E-state index in [0.717, 1.165) is 23.8 Å². The number of aromatic nitrogens is 1. The molecule has 0 unspecified atom stereocenters. The molecule has 0 aliphatic heterocycles. The molecular weight excluding hydrogens is 480 g/mol. The van der Waals surface area contributed by atoms with Crippen LogP contribution in [0.25, 0.3) is 10.9 Å². The van der Waals surface area contributed by atoms with Crippen LogP contribution in [0.1, 0.15) is 18.4 Å². The molecule has 8 nitrogen and oxygen atoms in total. The normalized spacial score (nSPS) is 12.7. The molecule has 4 N–H and O–H groups in total. The molecule has 36 heavy (non-hydrogen) atoms. The van der Waals surface area contributed by atoms with E-state index < -0.39 is 0 Å². The number of urea groups is 1. The highest BCUT2D eigenvalue weighted by Crippen LogP contribution is 2.38. The first-order valence-electron chi connectivity index (χ1n) is 11.6. The molecule has 0 radical (unpaired) electrons. The summed E-state index contributed by atoms with van der Waals surface area (Å²) in [5.41, 5.74) is 7.86. The number of rotatable bonds is 9. The standard InChI is InChI=1S/C27H25ClN4O4/c28-21-12-19(8-9-22(21)32-27(33)31-18-6-7-18)36-24-10-11-30-23-14-26(25(35-16-29)13-20(23)24)34-15-17-4-2-1-3-5-17/h1-5,8-14,18H,6-7,15-16,29H2,(H2,31,32,33). The van der Waals surface area contributed by atoms with Crippen molar-refractivity contribution in [2.24, 2.45) is 5.73 Å². The van der Waals surface area contributed by atoms with Crippen molar-refractivity contribution in [2.75, 3.05) is 12.0 Å². The molecule has 1 aliphatic carbocycles. The molecule has 1 aliphatic rings. The van der Waals surface area contributed by atoms with Crippen molar-refractivity contribution >= 4 is 34.2 Å². The summed E-state index contributed by atoms with van der Waals surface area (Å²) in [5, 5.41) is 6.71. The minimum atomic E-state index is -0.272. The van der Waals surface area contributed by atoms with Gasteiger partial charge < -0.3 is 24.8 Å². The molecule has 0 spiro atoms. The Kier molecular flexibility index (Phi) is 7.06. The number of nitrogens with two attached hydrogens (primary N) is 1. The van der Waals surface area contributed by atoms with Crippen LogP contribution in [0.4, 0.5) is 10.5 Å². The minimum Gasteiger partial charge on any atom is -0.485 e. The monoisotopic (exact) mass is 504 g/mol. The molecule has 1 aromatic heterocycles. The highest BCUT2D eigenvalue weighted by Gasteiger charge is 2.23. The van der Waals surface area contributed by atoms with E-state index in [-0.39, 0.29) is 18.8 Å². The largest absolute Gasteiger partial charge is 0.485 e. The number of fused-ring (bicyclic) bond motifs is 1. The van der Waals surface area contributed by atoms with Crippen molar-refractivity contribution in [1.82, 2.24) is 10.3 Å². The van der Waals surface area contributed by atoms with Crippen molar-refractivity contribution in [3.63, 3.8) is 0 Å². The zero-order valence-corrected chi connectivity index (χ0v) is 20.1. The van der Waals surface area contributed by atoms with Crippen molar-refractivity contribution in [1.29, 1.82) is 0 Å². The molecule has 9 heteroatoms. The number of halogens is 1. The van der Waals surface area contributed by atoms with Crippen molar-refractivity contribution in [2.45, 2.75) is 25.5 Å². The zero-order valence-electron chi connectivity index (χ0n) is 19.4. The van der Waals surface area contributed by atoms with Crippen LogP contribution in [0.2, 0.25) is 5.02 Å². The highest BCUT2D eigenvalue weighted by molar-refractivity contribution is 6.33. The van der Waals surface area contributed by atoms with E-state index in [2.05, 4.69) is 15.6 Å². The second-order valence-electron chi connectivity index (χ2n) is 8.33. The Balaban J connectivity index is 1.37. The summed E-state index contributed by atoms with van der Waals surface area (Å²) in [6, 6.07) is 20.3. The fourth-order valence-electron chi connectivity index (χ4n) is 3.63. The van der Waals surface area contributed by atoms with Crippen LogP contribution < -0.4 is 30.6 Å². The summed E-state index contributed by atoms with van der Waals surface area (Å²) >= 11 is 6.40. The highest BCUT2D eigenvalue weighted by atomic mass is 35.5. The molecule has 184 valence electrons.